The van der Waals surface area contributed by atoms with E-state index >= 15 is 0 Å². The van der Waals surface area contributed by atoms with Crippen molar-refractivity contribution in [3.63, 3.8) is 0 Å². The summed E-state index contributed by atoms with van der Waals surface area (Å²) in [5.74, 6) is 1.74. The van der Waals surface area contributed by atoms with Crippen LogP contribution in [0.3, 0.4) is 0 Å². The Kier molecular flexibility index (Phi) is 8.40. The number of nitrogens with zero attached hydrogens (tertiary/aromatic N) is 1. The first kappa shape index (κ1) is 18.0. The van der Waals surface area contributed by atoms with E-state index in [0.29, 0.717) is 12.6 Å². The summed E-state index contributed by atoms with van der Waals surface area (Å²) in [6.45, 7) is 9.19. The Bertz CT molecular complexity index is 389. The Balaban J connectivity index is 2.58. The minimum absolute atomic E-state index is 0.583. The number of nitrogens with one attached hydrogen (secondary N) is 1. The predicted octanol–water partition coefficient (Wildman–Crippen LogP) is 3.54. The van der Waals surface area contributed by atoms with E-state index in [1.165, 1.54) is 18.4 Å². The van der Waals surface area contributed by atoms with Crippen LogP contribution in [0.4, 0.5) is 0 Å². The van der Waals surface area contributed by atoms with Crippen LogP contribution in [-0.2, 0) is 6.54 Å². The van der Waals surface area contributed by atoms with E-state index in [1.807, 2.05) is 19.1 Å². The molecule has 0 spiro atoms. The first-order valence-electron chi connectivity index (χ1n) is 8.21. The molecule has 1 N–H and O–H groups in total. The van der Waals surface area contributed by atoms with Gasteiger partial charge in [0.2, 0.25) is 0 Å². The topological polar surface area (TPSA) is 24.5 Å². The zero-order chi connectivity index (χ0) is 15.7. The summed E-state index contributed by atoms with van der Waals surface area (Å²) in [6, 6.07) is 8.87. The molecule has 0 saturated heterocycles. The first-order chi connectivity index (χ1) is 10.1. The number of benzene rings is 1. The Morgan fingerprint density at radius 3 is 2.33 bits per heavy atom. The average Bonchev–Trinajstić information content (AvgIpc) is 2.48. The van der Waals surface area contributed by atoms with E-state index < -0.39 is 0 Å². The van der Waals surface area contributed by atoms with Gasteiger partial charge in [0, 0.05) is 24.7 Å². The standard InChI is InChI=1S/C18H32N2O/c1-6-15(7-2)17(20(4)5)14-19-13-16-11-9-10-12-18(16)21-8-3/h9-12,15,17,19H,6-8,13-14H2,1-5H3. The Labute approximate surface area is 130 Å². The summed E-state index contributed by atoms with van der Waals surface area (Å²) >= 11 is 0. The summed E-state index contributed by atoms with van der Waals surface area (Å²) in [6.07, 6.45) is 2.47. The minimum Gasteiger partial charge on any atom is -0.494 e. The van der Waals surface area contributed by atoms with Crippen molar-refractivity contribution in [3.8, 4) is 5.75 Å². The van der Waals surface area contributed by atoms with Gasteiger partial charge < -0.3 is 15.0 Å². The van der Waals surface area contributed by atoms with E-state index in [9.17, 15) is 0 Å². The lowest BCUT2D eigenvalue weighted by Gasteiger charge is -2.31. The molecule has 0 radical (unpaired) electrons. The van der Waals surface area contributed by atoms with Crippen molar-refractivity contribution in [1.82, 2.24) is 10.2 Å². The quantitative estimate of drug-likeness (QED) is 0.714. The van der Waals surface area contributed by atoms with Gasteiger partial charge in [-0.15, -0.1) is 0 Å². The molecule has 3 nitrogen and oxygen atoms in total. The SMILES string of the molecule is CCOc1ccccc1CNCC(C(CC)CC)N(C)C. The third-order valence-corrected chi connectivity index (χ3v) is 4.20. The fourth-order valence-corrected chi connectivity index (χ4v) is 2.90. The van der Waals surface area contributed by atoms with Gasteiger partial charge in [-0.05, 0) is 33.0 Å². The van der Waals surface area contributed by atoms with Crippen LogP contribution in [0.1, 0.15) is 39.2 Å². The number of hydrogen-bond donors (Lipinski definition) is 1. The second-order valence-corrected chi connectivity index (χ2v) is 5.78. The van der Waals surface area contributed by atoms with Gasteiger partial charge >= 0.3 is 0 Å². The fourth-order valence-electron chi connectivity index (χ4n) is 2.90. The van der Waals surface area contributed by atoms with E-state index in [2.05, 4.69) is 50.3 Å². The third-order valence-electron chi connectivity index (χ3n) is 4.20. The molecule has 1 atom stereocenters. The Morgan fingerprint density at radius 2 is 1.76 bits per heavy atom. The van der Waals surface area contributed by atoms with Gasteiger partial charge in [0.15, 0.2) is 0 Å². The zero-order valence-corrected chi connectivity index (χ0v) is 14.4. The zero-order valence-electron chi connectivity index (χ0n) is 14.4. The largest absolute Gasteiger partial charge is 0.494 e. The van der Waals surface area contributed by atoms with E-state index in [1.54, 1.807) is 0 Å². The molecule has 0 bridgehead atoms. The summed E-state index contributed by atoms with van der Waals surface area (Å²) in [5.41, 5.74) is 1.24. The van der Waals surface area contributed by atoms with Crippen molar-refractivity contribution < 1.29 is 4.74 Å². The molecule has 0 aromatic heterocycles. The third kappa shape index (κ3) is 5.68. The monoisotopic (exact) mass is 292 g/mol. The van der Waals surface area contributed by atoms with Crippen molar-refractivity contribution >= 4 is 0 Å². The highest BCUT2D eigenvalue weighted by Gasteiger charge is 2.20. The summed E-state index contributed by atoms with van der Waals surface area (Å²) in [5, 5.41) is 3.61. The van der Waals surface area contributed by atoms with Crippen LogP contribution >= 0.6 is 0 Å². The lowest BCUT2D eigenvalue weighted by Crippen LogP contribution is -2.42. The highest BCUT2D eigenvalue weighted by molar-refractivity contribution is 5.33. The maximum Gasteiger partial charge on any atom is 0.123 e. The van der Waals surface area contributed by atoms with Crippen LogP contribution in [0.2, 0.25) is 0 Å². The summed E-state index contributed by atoms with van der Waals surface area (Å²) in [7, 11) is 4.36. The van der Waals surface area contributed by atoms with Gasteiger partial charge in [-0.3, -0.25) is 0 Å². The first-order valence-corrected chi connectivity index (χ1v) is 8.21. The normalized spacial score (nSPS) is 12.9. The molecule has 0 saturated carbocycles. The summed E-state index contributed by atoms with van der Waals surface area (Å²) < 4.78 is 5.68. The molecule has 3 heteroatoms. The average molecular weight is 292 g/mol. The molecule has 0 fully saturated rings. The molecular formula is C18H32N2O. The minimum atomic E-state index is 0.583. The van der Waals surface area contributed by atoms with E-state index in [-0.39, 0.29) is 0 Å². The number of hydrogen-bond acceptors (Lipinski definition) is 3. The molecule has 0 amide bonds. The molecule has 120 valence electrons. The molecular weight excluding hydrogens is 260 g/mol. The highest BCUT2D eigenvalue weighted by Crippen LogP contribution is 2.19. The maximum absolute atomic E-state index is 5.68. The van der Waals surface area contributed by atoms with Crippen LogP contribution in [0.5, 0.6) is 5.75 Å². The van der Waals surface area contributed by atoms with Crippen molar-refractivity contribution in [2.75, 3.05) is 27.2 Å². The van der Waals surface area contributed by atoms with Crippen LogP contribution in [0.25, 0.3) is 0 Å². The van der Waals surface area contributed by atoms with Crippen molar-refractivity contribution in [3.05, 3.63) is 29.8 Å². The number of rotatable bonds is 10. The van der Waals surface area contributed by atoms with E-state index in [4.69, 9.17) is 4.74 Å². The fraction of sp³-hybridized carbons (Fsp3) is 0.667. The second kappa shape index (κ2) is 9.80. The molecule has 0 heterocycles. The van der Waals surface area contributed by atoms with Gasteiger partial charge in [-0.2, -0.15) is 0 Å². The van der Waals surface area contributed by atoms with Crippen LogP contribution in [0.15, 0.2) is 24.3 Å². The Hall–Kier alpha value is -1.06. The van der Waals surface area contributed by atoms with Gasteiger partial charge in [-0.1, -0.05) is 44.9 Å². The number of likely N-dealkylation sites (N-methyl/N-ethyl adjacent to an activating group) is 1. The highest BCUT2D eigenvalue weighted by atomic mass is 16.5. The molecule has 0 aliphatic carbocycles. The lowest BCUT2D eigenvalue weighted by molar-refractivity contribution is 0.193. The Morgan fingerprint density at radius 1 is 1.10 bits per heavy atom. The van der Waals surface area contributed by atoms with E-state index in [0.717, 1.165) is 24.8 Å². The molecule has 1 unspecified atom stereocenters. The van der Waals surface area contributed by atoms with Gasteiger partial charge in [0.05, 0.1) is 6.61 Å². The lowest BCUT2D eigenvalue weighted by atomic mass is 9.93. The maximum atomic E-state index is 5.68. The van der Waals surface area contributed by atoms with Crippen LogP contribution in [-0.4, -0.2) is 38.2 Å². The van der Waals surface area contributed by atoms with Crippen LogP contribution < -0.4 is 10.1 Å². The van der Waals surface area contributed by atoms with Gasteiger partial charge in [-0.25, -0.2) is 0 Å². The second-order valence-electron chi connectivity index (χ2n) is 5.78. The van der Waals surface area contributed by atoms with Crippen molar-refractivity contribution in [2.45, 2.75) is 46.2 Å². The molecule has 1 aromatic rings. The van der Waals surface area contributed by atoms with Crippen molar-refractivity contribution in [1.29, 1.82) is 0 Å². The van der Waals surface area contributed by atoms with Gasteiger partial charge in [0.1, 0.15) is 5.75 Å². The predicted molar refractivity (Wildman–Crippen MR) is 90.9 cm³/mol. The molecule has 0 aliphatic heterocycles. The molecule has 21 heavy (non-hydrogen) atoms. The summed E-state index contributed by atoms with van der Waals surface area (Å²) in [4.78, 5) is 2.35. The smallest absolute Gasteiger partial charge is 0.123 e. The van der Waals surface area contributed by atoms with Crippen LogP contribution in [0, 0.1) is 5.92 Å². The van der Waals surface area contributed by atoms with Gasteiger partial charge in [0.25, 0.3) is 0 Å². The molecule has 1 rings (SSSR count). The van der Waals surface area contributed by atoms with Crippen molar-refractivity contribution in [2.24, 2.45) is 5.92 Å². The number of para-hydroxylation sites is 1. The number of ether oxygens (including phenoxy) is 1. The molecule has 1 aromatic carbocycles. The molecule has 0 aliphatic rings.